The molecule has 0 spiro atoms. The molecule has 0 heterocycles. The van der Waals surface area contributed by atoms with Gasteiger partial charge in [-0.15, -0.1) is 0 Å². The Bertz CT molecular complexity index is 562. The van der Waals surface area contributed by atoms with Crippen LogP contribution in [0.5, 0.6) is 0 Å². The molecule has 0 radical (unpaired) electrons. The highest BCUT2D eigenvalue weighted by molar-refractivity contribution is 6.35. The fourth-order valence-corrected chi connectivity index (χ4v) is 2.06. The van der Waals surface area contributed by atoms with E-state index in [9.17, 15) is 19.7 Å². The second-order valence-corrected chi connectivity index (χ2v) is 4.82. The number of rotatable bonds is 7. The number of carbonyl (C=O) groups is 2. The van der Waals surface area contributed by atoms with Crippen molar-refractivity contribution in [3.8, 4) is 0 Å². The molecule has 8 heteroatoms. The average Bonchev–Trinajstić information content (AvgIpc) is 2.42. The number of unbranched alkanes of at least 4 members (excludes halogenated alkanes) is 1. The lowest BCUT2D eigenvalue weighted by Crippen LogP contribution is -2.39. The third kappa shape index (κ3) is 4.42. The van der Waals surface area contributed by atoms with E-state index in [1.807, 2.05) is 6.92 Å². The van der Waals surface area contributed by atoms with Gasteiger partial charge in [0.05, 0.1) is 17.0 Å². The minimum absolute atomic E-state index is 0.0109. The lowest BCUT2D eigenvalue weighted by Gasteiger charge is -2.21. The van der Waals surface area contributed by atoms with Gasteiger partial charge in [0.1, 0.15) is 5.02 Å². The van der Waals surface area contributed by atoms with Crippen LogP contribution in [0, 0.1) is 10.1 Å². The summed E-state index contributed by atoms with van der Waals surface area (Å²) < 4.78 is 0. The molecule has 2 amide bonds. The van der Waals surface area contributed by atoms with Crippen LogP contribution in [0.25, 0.3) is 0 Å². The topological polar surface area (TPSA) is 107 Å². The van der Waals surface area contributed by atoms with Crippen molar-refractivity contribution in [1.29, 1.82) is 0 Å². The monoisotopic (exact) mass is 313 g/mol. The molecule has 1 aromatic carbocycles. The summed E-state index contributed by atoms with van der Waals surface area (Å²) in [5, 5.41) is 10.6. The van der Waals surface area contributed by atoms with Crippen molar-refractivity contribution in [3.05, 3.63) is 38.9 Å². The van der Waals surface area contributed by atoms with Crippen LogP contribution in [-0.4, -0.2) is 34.7 Å². The summed E-state index contributed by atoms with van der Waals surface area (Å²) in [6.07, 6.45) is 1.51. The van der Waals surface area contributed by atoms with Crippen LogP contribution in [0.15, 0.2) is 18.2 Å². The summed E-state index contributed by atoms with van der Waals surface area (Å²) in [5.74, 6) is -1.20. The summed E-state index contributed by atoms with van der Waals surface area (Å²) in [6.45, 7) is 2.02. The molecule has 0 aliphatic carbocycles. The molecule has 0 aromatic heterocycles. The maximum absolute atomic E-state index is 12.4. The van der Waals surface area contributed by atoms with E-state index >= 15 is 0 Å². The quantitative estimate of drug-likeness (QED) is 0.613. The molecule has 0 saturated carbocycles. The van der Waals surface area contributed by atoms with Gasteiger partial charge >= 0.3 is 0 Å². The zero-order valence-corrected chi connectivity index (χ0v) is 12.3. The van der Waals surface area contributed by atoms with Crippen molar-refractivity contribution in [2.75, 3.05) is 13.1 Å². The van der Waals surface area contributed by atoms with E-state index in [-0.39, 0.29) is 22.8 Å². The molecule has 0 atom stereocenters. The summed E-state index contributed by atoms with van der Waals surface area (Å²) in [5.41, 5.74) is 4.76. The van der Waals surface area contributed by atoms with E-state index < -0.39 is 16.7 Å². The SMILES string of the molecule is CCCCN(CC(N)=O)C(=O)c1cccc([N+](=O)[O-])c1Cl. The third-order valence-electron chi connectivity index (χ3n) is 2.82. The second kappa shape index (κ2) is 7.58. The number of nitrogens with zero attached hydrogens (tertiary/aromatic N) is 2. The third-order valence-corrected chi connectivity index (χ3v) is 3.22. The van der Waals surface area contributed by atoms with Crippen LogP contribution >= 0.6 is 11.6 Å². The number of halogens is 1. The first-order valence-corrected chi connectivity index (χ1v) is 6.76. The lowest BCUT2D eigenvalue weighted by atomic mass is 10.1. The molecular formula is C13H16ClN3O4. The maximum Gasteiger partial charge on any atom is 0.288 e. The molecule has 0 fully saturated rings. The smallest absolute Gasteiger partial charge is 0.288 e. The molecular weight excluding hydrogens is 298 g/mol. The maximum atomic E-state index is 12.4. The van der Waals surface area contributed by atoms with Gasteiger partial charge in [0.2, 0.25) is 5.91 Å². The predicted molar refractivity (Wildman–Crippen MR) is 78.1 cm³/mol. The van der Waals surface area contributed by atoms with Gasteiger partial charge in [-0.1, -0.05) is 31.0 Å². The van der Waals surface area contributed by atoms with Gasteiger partial charge in [0, 0.05) is 12.6 Å². The highest BCUT2D eigenvalue weighted by Gasteiger charge is 2.24. The van der Waals surface area contributed by atoms with Crippen LogP contribution < -0.4 is 5.73 Å². The Hall–Kier alpha value is -2.15. The molecule has 0 aliphatic rings. The van der Waals surface area contributed by atoms with E-state index in [0.717, 1.165) is 6.42 Å². The fraction of sp³-hybridized carbons (Fsp3) is 0.385. The van der Waals surface area contributed by atoms with Crippen LogP contribution in [0.3, 0.4) is 0 Å². The van der Waals surface area contributed by atoms with Crippen molar-refractivity contribution in [3.63, 3.8) is 0 Å². The summed E-state index contributed by atoms with van der Waals surface area (Å²) in [7, 11) is 0. The minimum Gasteiger partial charge on any atom is -0.368 e. The van der Waals surface area contributed by atoms with E-state index in [0.29, 0.717) is 13.0 Å². The number of carbonyl (C=O) groups excluding carboxylic acids is 2. The first-order chi connectivity index (χ1) is 9.88. The second-order valence-electron chi connectivity index (χ2n) is 4.44. The first-order valence-electron chi connectivity index (χ1n) is 6.39. The van der Waals surface area contributed by atoms with Gasteiger partial charge in [0.25, 0.3) is 11.6 Å². The standard InChI is InChI=1S/C13H16ClN3O4/c1-2-3-7-16(8-11(15)18)13(19)9-5-4-6-10(12(9)14)17(20)21/h4-6H,2-3,7-8H2,1H3,(H2,15,18). The van der Waals surface area contributed by atoms with E-state index in [1.54, 1.807) is 0 Å². The Morgan fingerprint density at radius 3 is 2.62 bits per heavy atom. The van der Waals surface area contributed by atoms with Crippen LogP contribution in [0.1, 0.15) is 30.1 Å². The summed E-state index contributed by atoms with van der Waals surface area (Å²) in [4.78, 5) is 34.9. The first kappa shape index (κ1) is 16.9. The Morgan fingerprint density at radius 1 is 1.43 bits per heavy atom. The van der Waals surface area contributed by atoms with Crippen molar-refractivity contribution in [2.45, 2.75) is 19.8 Å². The highest BCUT2D eigenvalue weighted by Crippen LogP contribution is 2.28. The zero-order valence-electron chi connectivity index (χ0n) is 11.5. The number of primary amides is 1. The number of nitro benzene ring substituents is 1. The Morgan fingerprint density at radius 2 is 2.10 bits per heavy atom. The summed E-state index contributed by atoms with van der Waals surface area (Å²) in [6, 6.07) is 3.97. The normalized spacial score (nSPS) is 10.2. The van der Waals surface area contributed by atoms with Gasteiger partial charge in [-0.3, -0.25) is 19.7 Å². The minimum atomic E-state index is -0.663. The molecule has 114 valence electrons. The zero-order chi connectivity index (χ0) is 16.0. The Kier molecular flexibility index (Phi) is 6.10. The lowest BCUT2D eigenvalue weighted by molar-refractivity contribution is -0.384. The molecule has 0 saturated heterocycles. The fourth-order valence-electron chi connectivity index (χ4n) is 1.79. The van der Waals surface area contributed by atoms with E-state index in [1.165, 1.54) is 23.1 Å². The average molecular weight is 314 g/mol. The summed E-state index contributed by atoms with van der Waals surface area (Å²) >= 11 is 5.91. The molecule has 1 aromatic rings. The van der Waals surface area contributed by atoms with Gasteiger partial charge in [0.15, 0.2) is 0 Å². The molecule has 7 nitrogen and oxygen atoms in total. The Balaban J connectivity index is 3.11. The number of hydrogen-bond donors (Lipinski definition) is 1. The molecule has 0 bridgehead atoms. The van der Waals surface area contributed by atoms with Crippen LogP contribution in [-0.2, 0) is 4.79 Å². The van der Waals surface area contributed by atoms with Crippen molar-refractivity contribution >= 4 is 29.1 Å². The number of benzene rings is 1. The van der Waals surface area contributed by atoms with Gasteiger partial charge in [-0.05, 0) is 12.5 Å². The number of nitro groups is 1. The molecule has 2 N–H and O–H groups in total. The molecule has 0 aliphatic heterocycles. The largest absolute Gasteiger partial charge is 0.368 e. The van der Waals surface area contributed by atoms with Crippen molar-refractivity contribution < 1.29 is 14.5 Å². The number of hydrogen-bond acceptors (Lipinski definition) is 4. The number of amides is 2. The van der Waals surface area contributed by atoms with Crippen molar-refractivity contribution in [1.82, 2.24) is 4.90 Å². The van der Waals surface area contributed by atoms with Gasteiger partial charge in [-0.2, -0.15) is 0 Å². The molecule has 0 unspecified atom stereocenters. The predicted octanol–water partition coefficient (Wildman–Crippen LogP) is 1.98. The van der Waals surface area contributed by atoms with Gasteiger partial charge < -0.3 is 10.6 Å². The van der Waals surface area contributed by atoms with E-state index in [2.05, 4.69) is 0 Å². The highest BCUT2D eigenvalue weighted by atomic mass is 35.5. The Labute approximate surface area is 126 Å². The molecule has 21 heavy (non-hydrogen) atoms. The molecule has 1 rings (SSSR count). The van der Waals surface area contributed by atoms with Crippen LogP contribution in [0.4, 0.5) is 5.69 Å². The van der Waals surface area contributed by atoms with E-state index in [4.69, 9.17) is 17.3 Å². The van der Waals surface area contributed by atoms with Crippen LogP contribution in [0.2, 0.25) is 5.02 Å². The van der Waals surface area contributed by atoms with Gasteiger partial charge in [-0.25, -0.2) is 0 Å². The van der Waals surface area contributed by atoms with Crippen molar-refractivity contribution in [2.24, 2.45) is 5.73 Å². The number of nitrogens with two attached hydrogens (primary N) is 1.